The predicted octanol–water partition coefficient (Wildman–Crippen LogP) is 3.14. The number of aromatic hydroxyl groups is 1. The van der Waals surface area contributed by atoms with Crippen LogP contribution in [-0.2, 0) is 0 Å². The van der Waals surface area contributed by atoms with Crippen molar-refractivity contribution in [3.05, 3.63) is 49.1 Å². The lowest BCUT2D eigenvalue weighted by molar-refractivity contribution is 0.219. The summed E-state index contributed by atoms with van der Waals surface area (Å²) in [5.74, 6) is 1.06. The smallest absolute Gasteiger partial charge is 0.151 e. The second-order valence-corrected chi connectivity index (χ2v) is 8.18. The zero-order valence-electron chi connectivity index (χ0n) is 16.6. The molecule has 7 nitrogen and oxygen atoms in total. The van der Waals surface area contributed by atoms with Crippen molar-refractivity contribution < 1.29 is 5.11 Å². The van der Waals surface area contributed by atoms with Crippen LogP contribution in [0.3, 0.4) is 0 Å². The third kappa shape index (κ3) is 3.58. The van der Waals surface area contributed by atoms with E-state index in [1.165, 1.54) is 19.3 Å². The fourth-order valence-electron chi connectivity index (χ4n) is 4.70. The van der Waals surface area contributed by atoms with Crippen LogP contribution in [0.5, 0.6) is 5.75 Å². The Kier molecular flexibility index (Phi) is 4.67. The third-order valence-electron chi connectivity index (χ3n) is 6.31. The van der Waals surface area contributed by atoms with Crippen molar-refractivity contribution >= 4 is 5.82 Å². The topological polar surface area (TPSA) is 79.1 Å². The second-order valence-electron chi connectivity index (χ2n) is 8.18. The van der Waals surface area contributed by atoms with Gasteiger partial charge in [-0.2, -0.15) is 0 Å². The molecule has 0 spiro atoms. The highest BCUT2D eigenvalue weighted by Gasteiger charge is 2.33. The molecule has 0 radical (unpaired) electrons. The molecule has 0 aliphatic carbocycles. The van der Waals surface area contributed by atoms with Gasteiger partial charge in [-0.3, -0.25) is 0 Å². The van der Waals surface area contributed by atoms with Gasteiger partial charge in [0.2, 0.25) is 0 Å². The maximum absolute atomic E-state index is 10.5. The van der Waals surface area contributed by atoms with Crippen LogP contribution in [0.25, 0.3) is 16.9 Å². The maximum atomic E-state index is 10.5. The van der Waals surface area contributed by atoms with Crippen LogP contribution in [0.15, 0.2) is 49.1 Å². The molecule has 2 aliphatic rings. The van der Waals surface area contributed by atoms with E-state index in [2.05, 4.69) is 32.4 Å². The molecule has 3 aromatic rings. The van der Waals surface area contributed by atoms with Gasteiger partial charge in [-0.25, -0.2) is 4.98 Å². The summed E-state index contributed by atoms with van der Waals surface area (Å²) in [6.07, 6.45) is 11.5. The van der Waals surface area contributed by atoms with Gasteiger partial charge in [-0.15, -0.1) is 10.2 Å². The molecule has 3 atom stereocenters. The van der Waals surface area contributed by atoms with Gasteiger partial charge in [0.05, 0.1) is 17.7 Å². The summed E-state index contributed by atoms with van der Waals surface area (Å²) < 4.78 is 1.85. The number of hydrogen-bond acceptors (Lipinski definition) is 6. The average Bonchev–Trinajstić information content (AvgIpc) is 3.28. The molecule has 29 heavy (non-hydrogen) atoms. The first kappa shape index (κ1) is 18.1. The fourth-order valence-corrected chi connectivity index (χ4v) is 4.70. The summed E-state index contributed by atoms with van der Waals surface area (Å²) >= 11 is 0. The van der Waals surface area contributed by atoms with E-state index in [-0.39, 0.29) is 5.75 Å². The molecule has 7 heteroatoms. The lowest BCUT2D eigenvalue weighted by atomic mass is 9.83. The van der Waals surface area contributed by atoms with E-state index in [1.807, 2.05) is 35.0 Å². The molecule has 150 valence electrons. The molecule has 0 amide bonds. The number of piperidine rings is 2. The summed E-state index contributed by atoms with van der Waals surface area (Å²) in [6.45, 7) is 0. The Morgan fingerprint density at radius 2 is 1.93 bits per heavy atom. The minimum atomic E-state index is 0.179. The van der Waals surface area contributed by atoms with Crippen molar-refractivity contribution in [1.82, 2.24) is 25.1 Å². The number of hydrogen-bond donors (Lipinski definition) is 2. The highest BCUT2D eigenvalue weighted by molar-refractivity contribution is 5.69. The molecular weight excluding hydrogens is 364 g/mol. The lowest BCUT2D eigenvalue weighted by Crippen LogP contribution is -2.54. The number of imidazole rings is 1. The van der Waals surface area contributed by atoms with Crippen molar-refractivity contribution in [3.8, 4) is 22.7 Å². The van der Waals surface area contributed by atoms with Gasteiger partial charge in [-0.1, -0.05) is 6.42 Å². The van der Waals surface area contributed by atoms with Gasteiger partial charge in [0.1, 0.15) is 5.75 Å². The van der Waals surface area contributed by atoms with E-state index in [4.69, 9.17) is 0 Å². The number of nitrogens with zero attached hydrogens (tertiary/aromatic N) is 5. The van der Waals surface area contributed by atoms with Crippen LogP contribution in [0.4, 0.5) is 5.82 Å². The van der Waals surface area contributed by atoms with E-state index < -0.39 is 0 Å². The van der Waals surface area contributed by atoms with Crippen molar-refractivity contribution in [1.29, 1.82) is 0 Å². The van der Waals surface area contributed by atoms with Crippen LogP contribution in [0.1, 0.15) is 32.1 Å². The Balaban J connectivity index is 1.33. The zero-order valence-corrected chi connectivity index (χ0v) is 16.6. The molecule has 0 unspecified atom stereocenters. The Labute approximate surface area is 170 Å². The van der Waals surface area contributed by atoms with Gasteiger partial charge in [-0.05, 0) is 49.9 Å². The first-order valence-electron chi connectivity index (χ1n) is 10.3. The molecule has 0 saturated carbocycles. The monoisotopic (exact) mass is 390 g/mol. The van der Waals surface area contributed by atoms with Crippen LogP contribution < -0.4 is 10.2 Å². The summed E-state index contributed by atoms with van der Waals surface area (Å²) in [4.78, 5) is 6.31. The Bertz CT molecular complexity index is 959. The first-order valence-corrected chi connectivity index (χ1v) is 10.3. The Hall–Kier alpha value is -2.93. The van der Waals surface area contributed by atoms with Gasteiger partial charge in [0.15, 0.2) is 5.82 Å². The number of rotatable bonds is 4. The molecule has 2 aliphatic heterocycles. The van der Waals surface area contributed by atoms with Crippen molar-refractivity contribution in [2.75, 3.05) is 11.9 Å². The van der Waals surface area contributed by atoms with E-state index in [0.717, 1.165) is 24.3 Å². The minimum Gasteiger partial charge on any atom is -0.507 e. The molecule has 4 heterocycles. The van der Waals surface area contributed by atoms with Gasteiger partial charge < -0.3 is 19.9 Å². The fraction of sp³-hybridized carbons (Fsp3) is 0.409. The van der Waals surface area contributed by atoms with Crippen molar-refractivity contribution in [3.63, 3.8) is 0 Å². The summed E-state index contributed by atoms with van der Waals surface area (Å²) in [5, 5.41) is 23.1. The molecular formula is C22H26N6O. The number of nitrogens with one attached hydrogen (secondary N) is 1. The standard InChI is InChI=1S/C22H26N6O/c1-27(18-11-15-3-2-4-16(12-18)24-15)22-8-7-20(25-26-22)19-6-5-17(13-21(19)29)28-10-9-23-14-28/h5-10,13-16,18,24,29H,2-4,11-12H2,1H3/t15-,16+,18-. The quantitative estimate of drug-likeness (QED) is 0.713. The average molecular weight is 390 g/mol. The summed E-state index contributed by atoms with van der Waals surface area (Å²) in [6, 6.07) is 11.2. The van der Waals surface area contributed by atoms with Crippen LogP contribution >= 0.6 is 0 Å². The minimum absolute atomic E-state index is 0.179. The Morgan fingerprint density at radius 1 is 1.10 bits per heavy atom. The molecule has 2 saturated heterocycles. The van der Waals surface area contributed by atoms with Crippen LogP contribution in [0, 0.1) is 0 Å². The zero-order chi connectivity index (χ0) is 19.8. The second kappa shape index (κ2) is 7.48. The summed E-state index contributed by atoms with van der Waals surface area (Å²) in [7, 11) is 2.12. The molecule has 5 rings (SSSR count). The summed E-state index contributed by atoms with van der Waals surface area (Å²) in [5.41, 5.74) is 2.19. The maximum Gasteiger partial charge on any atom is 0.151 e. The molecule has 2 aromatic heterocycles. The SMILES string of the molecule is CN(c1ccc(-c2ccc(-n3ccnc3)cc2O)nn1)[C@@H]1C[C@H]2CCC[C@@H](C1)N2. The lowest BCUT2D eigenvalue weighted by Gasteiger charge is -2.43. The van der Waals surface area contributed by atoms with Crippen LogP contribution in [-0.4, -0.2) is 50.0 Å². The van der Waals surface area contributed by atoms with E-state index in [1.54, 1.807) is 18.6 Å². The Morgan fingerprint density at radius 3 is 2.59 bits per heavy atom. The largest absolute Gasteiger partial charge is 0.507 e. The molecule has 1 aromatic carbocycles. The third-order valence-corrected chi connectivity index (χ3v) is 6.31. The predicted molar refractivity (Wildman–Crippen MR) is 112 cm³/mol. The van der Waals surface area contributed by atoms with Crippen LogP contribution in [0.2, 0.25) is 0 Å². The molecule has 2 bridgehead atoms. The van der Waals surface area contributed by atoms with Gasteiger partial charge >= 0.3 is 0 Å². The van der Waals surface area contributed by atoms with E-state index in [0.29, 0.717) is 29.4 Å². The van der Waals surface area contributed by atoms with Gasteiger partial charge in [0.25, 0.3) is 0 Å². The first-order chi connectivity index (χ1) is 14.2. The number of fused-ring (bicyclic) bond motifs is 2. The number of phenols is 1. The van der Waals surface area contributed by atoms with Crippen molar-refractivity contribution in [2.24, 2.45) is 0 Å². The molecule has 2 N–H and O–H groups in total. The van der Waals surface area contributed by atoms with E-state index in [9.17, 15) is 5.11 Å². The normalized spacial score (nSPS) is 23.7. The van der Waals surface area contributed by atoms with Gasteiger partial charge in [0, 0.05) is 49.2 Å². The van der Waals surface area contributed by atoms with E-state index >= 15 is 0 Å². The highest BCUT2D eigenvalue weighted by atomic mass is 16.3. The molecule has 2 fully saturated rings. The van der Waals surface area contributed by atoms with Crippen molar-refractivity contribution in [2.45, 2.75) is 50.2 Å². The highest BCUT2D eigenvalue weighted by Crippen LogP contribution is 2.32. The number of anilines is 1. The number of benzene rings is 1. The number of phenolic OH excluding ortho intramolecular Hbond substituents is 1. The number of aromatic nitrogens is 4.